The highest BCUT2D eigenvalue weighted by atomic mass is 16.3. The maximum absolute atomic E-state index is 9.31. The summed E-state index contributed by atoms with van der Waals surface area (Å²) in [5.74, 6) is 0.0166. The third-order valence-electron chi connectivity index (χ3n) is 2.51. The van der Waals surface area contributed by atoms with Gasteiger partial charge in [0, 0.05) is 34.8 Å². The minimum absolute atomic E-state index is 0.0166. The summed E-state index contributed by atoms with van der Waals surface area (Å²) in [6, 6.07) is 14.1. The molecule has 0 spiro atoms. The molecule has 77 valence electrons. The fraction of sp³-hybridized carbons (Fsp3) is 0. The van der Waals surface area contributed by atoms with Crippen molar-refractivity contribution in [1.29, 1.82) is 0 Å². The third kappa shape index (κ3) is 1.42. The first-order chi connectivity index (χ1) is 7.83. The molecule has 0 fully saturated rings. The molecular weight excluding hydrogens is 200 g/mol. The molecule has 0 aliphatic carbocycles. The molecule has 1 aromatic carbocycles. The van der Waals surface area contributed by atoms with E-state index < -0.39 is 0 Å². The zero-order valence-corrected chi connectivity index (χ0v) is 8.44. The lowest BCUT2D eigenvalue weighted by Crippen LogP contribution is -1.83. The van der Waals surface area contributed by atoms with Gasteiger partial charge in [-0.3, -0.25) is 0 Å². The molecule has 0 aliphatic rings. The van der Waals surface area contributed by atoms with Crippen LogP contribution in [0.1, 0.15) is 0 Å². The van der Waals surface area contributed by atoms with E-state index in [2.05, 4.69) is 16.0 Å². The van der Waals surface area contributed by atoms with Crippen LogP contribution in [0.2, 0.25) is 0 Å². The van der Waals surface area contributed by atoms with Gasteiger partial charge in [-0.25, -0.2) is 4.98 Å². The number of aromatic nitrogens is 2. The molecule has 0 bridgehead atoms. The number of hydrogen-bond acceptors (Lipinski definition) is 2. The molecular formula is C13H9N2O. The molecule has 16 heavy (non-hydrogen) atoms. The zero-order valence-electron chi connectivity index (χ0n) is 8.44. The van der Waals surface area contributed by atoms with Gasteiger partial charge >= 0.3 is 0 Å². The van der Waals surface area contributed by atoms with Crippen LogP contribution in [0.15, 0.2) is 42.6 Å². The predicted molar refractivity (Wildman–Crippen MR) is 62.0 cm³/mol. The first-order valence-electron chi connectivity index (χ1n) is 4.98. The van der Waals surface area contributed by atoms with Gasteiger partial charge in [0.05, 0.1) is 5.69 Å². The maximum Gasteiger partial charge on any atom is 0.211 e. The number of aromatic hydroxyl groups is 1. The van der Waals surface area contributed by atoms with Crippen LogP contribution in [0, 0.1) is 6.07 Å². The standard InChI is InChI=1S/C13H9N2O/c16-13-3-1-2-12(15-13)9-4-5-11-10(8-9)6-7-14-11/h1,3-8,14H,(H,15,16). The molecule has 2 heterocycles. The molecule has 3 rings (SSSR count). The molecule has 3 heteroatoms. The van der Waals surface area contributed by atoms with E-state index in [1.165, 1.54) is 6.07 Å². The number of pyridine rings is 1. The van der Waals surface area contributed by atoms with Gasteiger partial charge in [-0.15, -0.1) is 0 Å². The van der Waals surface area contributed by atoms with Crippen molar-refractivity contribution in [2.75, 3.05) is 0 Å². The number of nitrogens with zero attached hydrogens (tertiary/aromatic N) is 1. The van der Waals surface area contributed by atoms with E-state index in [4.69, 9.17) is 0 Å². The number of benzene rings is 1. The Bertz CT molecular complexity index is 643. The van der Waals surface area contributed by atoms with Crippen LogP contribution in [0.3, 0.4) is 0 Å². The van der Waals surface area contributed by atoms with E-state index in [1.54, 1.807) is 6.07 Å². The molecule has 0 aliphatic heterocycles. The fourth-order valence-corrected chi connectivity index (χ4v) is 1.73. The maximum atomic E-state index is 9.31. The highest BCUT2D eigenvalue weighted by Crippen LogP contribution is 2.23. The van der Waals surface area contributed by atoms with Crippen molar-refractivity contribution in [3.8, 4) is 17.1 Å². The van der Waals surface area contributed by atoms with Gasteiger partial charge < -0.3 is 10.1 Å². The monoisotopic (exact) mass is 209 g/mol. The Hall–Kier alpha value is -2.29. The molecule has 2 N–H and O–H groups in total. The number of nitrogens with one attached hydrogen (secondary N) is 1. The lowest BCUT2D eigenvalue weighted by Gasteiger charge is -2.00. The van der Waals surface area contributed by atoms with Crippen LogP contribution in [-0.4, -0.2) is 15.1 Å². The molecule has 3 aromatic rings. The highest BCUT2D eigenvalue weighted by molar-refractivity contribution is 5.84. The van der Waals surface area contributed by atoms with Crippen molar-refractivity contribution in [2.45, 2.75) is 0 Å². The fourth-order valence-electron chi connectivity index (χ4n) is 1.73. The average molecular weight is 209 g/mol. The number of fused-ring (bicyclic) bond motifs is 1. The van der Waals surface area contributed by atoms with E-state index in [-0.39, 0.29) is 5.88 Å². The van der Waals surface area contributed by atoms with Gasteiger partial charge in [0.25, 0.3) is 0 Å². The smallest absolute Gasteiger partial charge is 0.211 e. The summed E-state index contributed by atoms with van der Waals surface area (Å²) in [6.45, 7) is 0. The summed E-state index contributed by atoms with van der Waals surface area (Å²) in [5.41, 5.74) is 2.69. The Kier molecular flexibility index (Phi) is 1.90. The van der Waals surface area contributed by atoms with Crippen molar-refractivity contribution in [2.24, 2.45) is 0 Å². The van der Waals surface area contributed by atoms with Crippen LogP contribution in [0.25, 0.3) is 22.2 Å². The Balaban J connectivity index is 2.18. The SMILES string of the molecule is Oc1cc[c]c(-c2ccc3[nH]ccc3c2)n1. The highest BCUT2D eigenvalue weighted by Gasteiger charge is 2.02. The lowest BCUT2D eigenvalue weighted by atomic mass is 10.1. The van der Waals surface area contributed by atoms with Crippen LogP contribution in [-0.2, 0) is 0 Å². The normalized spacial score (nSPS) is 10.8. The molecule has 0 unspecified atom stereocenters. The first kappa shape index (κ1) is 8.97. The quantitative estimate of drug-likeness (QED) is 0.647. The van der Waals surface area contributed by atoms with Crippen molar-refractivity contribution in [1.82, 2.24) is 9.97 Å². The number of hydrogen-bond donors (Lipinski definition) is 2. The predicted octanol–water partition coefficient (Wildman–Crippen LogP) is 2.74. The average Bonchev–Trinajstić information content (AvgIpc) is 2.75. The van der Waals surface area contributed by atoms with Gasteiger partial charge in [0.1, 0.15) is 0 Å². The third-order valence-corrected chi connectivity index (χ3v) is 2.51. The van der Waals surface area contributed by atoms with E-state index >= 15 is 0 Å². The number of rotatable bonds is 1. The van der Waals surface area contributed by atoms with Crippen LogP contribution >= 0.6 is 0 Å². The van der Waals surface area contributed by atoms with Crippen LogP contribution in [0.4, 0.5) is 0 Å². The Morgan fingerprint density at radius 3 is 3.00 bits per heavy atom. The largest absolute Gasteiger partial charge is 0.493 e. The van der Waals surface area contributed by atoms with Crippen molar-refractivity contribution in [3.63, 3.8) is 0 Å². The zero-order chi connectivity index (χ0) is 11.0. The molecule has 0 saturated heterocycles. The summed E-state index contributed by atoms with van der Waals surface area (Å²) >= 11 is 0. The minimum atomic E-state index is 0.0166. The summed E-state index contributed by atoms with van der Waals surface area (Å²) in [5, 5.41) is 10.4. The minimum Gasteiger partial charge on any atom is -0.493 e. The van der Waals surface area contributed by atoms with Crippen molar-refractivity contribution >= 4 is 10.9 Å². The van der Waals surface area contributed by atoms with Crippen molar-refractivity contribution < 1.29 is 5.11 Å². The van der Waals surface area contributed by atoms with E-state index in [0.29, 0.717) is 5.69 Å². The molecule has 1 radical (unpaired) electrons. The van der Waals surface area contributed by atoms with Gasteiger partial charge in [-0.05, 0) is 24.3 Å². The lowest BCUT2D eigenvalue weighted by molar-refractivity contribution is 0.454. The Labute approximate surface area is 92.4 Å². The summed E-state index contributed by atoms with van der Waals surface area (Å²) in [4.78, 5) is 7.15. The Morgan fingerprint density at radius 2 is 2.12 bits per heavy atom. The summed E-state index contributed by atoms with van der Waals surface area (Å²) < 4.78 is 0. The number of H-pyrrole nitrogens is 1. The van der Waals surface area contributed by atoms with Crippen molar-refractivity contribution in [3.05, 3.63) is 48.7 Å². The summed E-state index contributed by atoms with van der Waals surface area (Å²) in [7, 11) is 0. The van der Waals surface area contributed by atoms with Gasteiger partial charge in [-0.1, -0.05) is 6.07 Å². The topological polar surface area (TPSA) is 48.9 Å². The molecule has 2 aromatic heterocycles. The molecule has 0 saturated carbocycles. The van der Waals surface area contributed by atoms with E-state index in [9.17, 15) is 5.11 Å². The Morgan fingerprint density at radius 1 is 1.19 bits per heavy atom. The van der Waals surface area contributed by atoms with Gasteiger partial charge in [-0.2, -0.15) is 0 Å². The molecule has 0 atom stereocenters. The second kappa shape index (κ2) is 3.38. The number of aromatic amines is 1. The van der Waals surface area contributed by atoms with Crippen LogP contribution < -0.4 is 0 Å². The molecule has 0 amide bonds. The van der Waals surface area contributed by atoms with Gasteiger partial charge in [0.2, 0.25) is 5.88 Å². The second-order valence-electron chi connectivity index (χ2n) is 3.58. The molecule has 3 nitrogen and oxygen atoms in total. The first-order valence-corrected chi connectivity index (χ1v) is 4.98. The van der Waals surface area contributed by atoms with E-state index in [0.717, 1.165) is 16.5 Å². The summed E-state index contributed by atoms with van der Waals surface area (Å²) in [6.07, 6.45) is 1.90. The van der Waals surface area contributed by atoms with Crippen LogP contribution in [0.5, 0.6) is 5.88 Å². The van der Waals surface area contributed by atoms with Gasteiger partial charge in [0.15, 0.2) is 0 Å². The second-order valence-corrected chi connectivity index (χ2v) is 3.58. The van der Waals surface area contributed by atoms with E-state index in [1.807, 2.05) is 30.5 Å².